The minimum absolute atomic E-state index is 0.219. The van der Waals surface area contributed by atoms with Crippen LogP contribution in [0, 0.1) is 0 Å². The van der Waals surface area contributed by atoms with Crippen molar-refractivity contribution in [3.8, 4) is 0 Å². The maximum Gasteiger partial charge on any atom is 0.310 e. The quantitative estimate of drug-likeness (QED) is 0.438. The van der Waals surface area contributed by atoms with Gasteiger partial charge in [-0.2, -0.15) is 8.42 Å². The second kappa shape index (κ2) is 8.06. The fourth-order valence-electron chi connectivity index (χ4n) is 3.47. The third-order valence-corrected chi connectivity index (χ3v) is 6.81. The van der Waals surface area contributed by atoms with Crippen LogP contribution >= 0.6 is 11.8 Å². The van der Waals surface area contributed by atoms with E-state index in [4.69, 9.17) is 0 Å². The van der Waals surface area contributed by atoms with Crippen molar-refractivity contribution < 1.29 is 13.0 Å². The Balaban J connectivity index is 2.03. The van der Waals surface area contributed by atoms with Gasteiger partial charge in [0.2, 0.25) is 0 Å². The predicted molar refractivity (Wildman–Crippen MR) is 119 cm³/mol. The zero-order chi connectivity index (χ0) is 21.3. The van der Waals surface area contributed by atoms with E-state index in [0.29, 0.717) is 28.3 Å². The number of nitrogens with zero attached hydrogens (tertiary/aromatic N) is 3. The monoisotopic (exact) mass is 437 g/mol. The van der Waals surface area contributed by atoms with E-state index in [0.717, 1.165) is 9.79 Å². The first-order valence-corrected chi connectivity index (χ1v) is 11.5. The highest BCUT2D eigenvalue weighted by molar-refractivity contribution is 7.99. The molecule has 2 aromatic carbocycles. The summed E-state index contributed by atoms with van der Waals surface area (Å²) in [5.74, 6) is 0.381. The van der Waals surface area contributed by atoms with Gasteiger partial charge >= 0.3 is 10.1 Å². The molecule has 1 aromatic heterocycles. The molecule has 1 N–H and O–H groups in total. The molecule has 152 valence electrons. The van der Waals surface area contributed by atoms with E-state index in [2.05, 4.69) is 9.97 Å². The molecule has 0 saturated heterocycles. The van der Waals surface area contributed by atoms with Crippen LogP contribution in [0.15, 0.2) is 93.5 Å². The number of fused-ring (bicyclic) bond motifs is 2. The predicted octanol–water partition coefficient (Wildman–Crippen LogP) is 5.30. The van der Waals surface area contributed by atoms with Crippen molar-refractivity contribution in [2.45, 2.75) is 23.6 Å². The average Bonchev–Trinajstić information content (AvgIpc) is 2.74. The fraction of sp³-hybridized carbons (Fsp3) is 0.0909. The smallest absolute Gasteiger partial charge is 0.296 e. The maximum atomic E-state index is 12.7. The van der Waals surface area contributed by atoms with Gasteiger partial charge in [-0.3, -0.25) is 9.45 Å². The summed E-state index contributed by atoms with van der Waals surface area (Å²) in [7, 11) is -4.61. The van der Waals surface area contributed by atoms with E-state index >= 15 is 0 Å². The summed E-state index contributed by atoms with van der Waals surface area (Å²) in [4.78, 5) is 11.9. The number of rotatable bonds is 4. The Morgan fingerprint density at radius 3 is 2.00 bits per heavy atom. The lowest BCUT2D eigenvalue weighted by Gasteiger charge is -2.34. The summed E-state index contributed by atoms with van der Waals surface area (Å²) < 4.78 is 35.8. The van der Waals surface area contributed by atoms with E-state index in [1.165, 1.54) is 0 Å². The molecule has 0 radical (unpaired) electrons. The van der Waals surface area contributed by atoms with Crippen molar-refractivity contribution in [1.82, 2.24) is 9.97 Å². The van der Waals surface area contributed by atoms with Gasteiger partial charge in [0.05, 0.1) is 11.4 Å². The largest absolute Gasteiger partial charge is 0.310 e. The third kappa shape index (κ3) is 3.65. The third-order valence-electron chi connectivity index (χ3n) is 4.70. The summed E-state index contributed by atoms with van der Waals surface area (Å²) in [6.45, 7) is 3.44. The molecule has 0 bridgehead atoms. The van der Waals surface area contributed by atoms with E-state index < -0.39 is 10.1 Å². The summed E-state index contributed by atoms with van der Waals surface area (Å²) >= 11 is 1.56. The first-order valence-electron chi connectivity index (χ1n) is 9.20. The first kappa shape index (κ1) is 20.3. The van der Waals surface area contributed by atoms with Crippen LogP contribution in [0.1, 0.15) is 19.7 Å². The van der Waals surface area contributed by atoms with E-state index in [1.807, 2.05) is 48.5 Å². The van der Waals surface area contributed by atoms with Crippen molar-refractivity contribution in [3.05, 3.63) is 89.5 Å². The van der Waals surface area contributed by atoms with Crippen LogP contribution in [-0.4, -0.2) is 22.9 Å². The number of benzene rings is 2. The van der Waals surface area contributed by atoms with Crippen molar-refractivity contribution in [2.24, 2.45) is 0 Å². The number of hydrogen-bond donors (Lipinski definition) is 1. The Kier molecular flexibility index (Phi) is 5.46. The minimum Gasteiger partial charge on any atom is -0.296 e. The van der Waals surface area contributed by atoms with Crippen LogP contribution in [-0.2, 0) is 10.1 Å². The molecule has 3 aromatic rings. The highest BCUT2D eigenvalue weighted by Gasteiger charge is 2.34. The summed E-state index contributed by atoms with van der Waals surface area (Å²) in [5, 5.41) is -0.219. The van der Waals surface area contributed by atoms with Gasteiger partial charge in [0.25, 0.3) is 0 Å². The Morgan fingerprint density at radius 2 is 1.50 bits per heavy atom. The van der Waals surface area contributed by atoms with Crippen LogP contribution in [0.3, 0.4) is 0 Å². The van der Waals surface area contributed by atoms with Gasteiger partial charge in [0.1, 0.15) is 0 Å². The van der Waals surface area contributed by atoms with E-state index in [-0.39, 0.29) is 5.03 Å². The minimum atomic E-state index is -4.61. The van der Waals surface area contributed by atoms with Gasteiger partial charge < -0.3 is 0 Å². The first-order chi connectivity index (χ1) is 14.4. The lowest BCUT2D eigenvalue weighted by Crippen LogP contribution is -2.27. The number of anilines is 2. The van der Waals surface area contributed by atoms with Gasteiger partial charge in [-0.25, -0.2) is 9.97 Å². The lowest BCUT2D eigenvalue weighted by atomic mass is 10.1. The van der Waals surface area contributed by atoms with Crippen molar-refractivity contribution >= 4 is 38.8 Å². The molecule has 0 spiro atoms. The molecule has 0 saturated carbocycles. The van der Waals surface area contributed by atoms with E-state index in [9.17, 15) is 13.0 Å². The molecule has 4 rings (SSSR count). The van der Waals surface area contributed by atoms with Crippen molar-refractivity contribution in [3.63, 3.8) is 0 Å². The van der Waals surface area contributed by atoms with Gasteiger partial charge in [-0.05, 0) is 49.8 Å². The topological polar surface area (TPSA) is 83.4 Å². The highest BCUT2D eigenvalue weighted by Crippen LogP contribution is 2.51. The fourth-order valence-corrected chi connectivity index (χ4v) is 5.45. The van der Waals surface area contributed by atoms with Gasteiger partial charge in [-0.15, -0.1) is 0 Å². The maximum absolute atomic E-state index is 12.7. The van der Waals surface area contributed by atoms with Crippen LogP contribution in [0.5, 0.6) is 0 Å². The molecule has 0 fully saturated rings. The van der Waals surface area contributed by atoms with Crippen LogP contribution < -0.4 is 4.90 Å². The zero-order valence-electron chi connectivity index (χ0n) is 16.4. The zero-order valence-corrected chi connectivity index (χ0v) is 18.0. The Bertz CT molecular complexity index is 1220. The standard InChI is InChI=1S/C22H19N3O3S2/c1-3-16(21-23-13-8-14-24-21)15(2)22(30(26,27)28)25-17-9-4-6-11-19(17)29-20-12-7-5-10-18(20)25/h3-14H,1-2H3,(H,26,27,28). The SMILES string of the molecule is CC=C(C(C)=C(N1c2ccccc2Sc2ccccc21)S(=O)(=O)O)c1ncccn1. The molecular weight excluding hydrogens is 418 g/mol. The molecule has 1 aliphatic heterocycles. The molecule has 8 heteroatoms. The van der Waals surface area contributed by atoms with Crippen LogP contribution in [0.2, 0.25) is 0 Å². The molecule has 2 heterocycles. The number of allylic oxidation sites excluding steroid dienone is 3. The van der Waals surface area contributed by atoms with Gasteiger partial charge in [-0.1, -0.05) is 42.1 Å². The van der Waals surface area contributed by atoms with Crippen LogP contribution in [0.25, 0.3) is 5.57 Å². The van der Waals surface area contributed by atoms with Crippen molar-refractivity contribution in [1.29, 1.82) is 0 Å². The Labute approximate surface area is 179 Å². The molecule has 30 heavy (non-hydrogen) atoms. The molecule has 0 amide bonds. The Morgan fingerprint density at radius 1 is 0.967 bits per heavy atom. The molecule has 1 aliphatic rings. The van der Waals surface area contributed by atoms with Crippen molar-refractivity contribution in [2.75, 3.05) is 4.90 Å². The molecular formula is C22H19N3O3S2. The number of hydrogen-bond acceptors (Lipinski definition) is 6. The van der Waals surface area contributed by atoms with Crippen LogP contribution in [0.4, 0.5) is 11.4 Å². The number of aromatic nitrogens is 2. The molecule has 0 atom stereocenters. The molecule has 0 unspecified atom stereocenters. The van der Waals surface area contributed by atoms with Gasteiger partial charge in [0.15, 0.2) is 10.9 Å². The van der Waals surface area contributed by atoms with E-state index in [1.54, 1.807) is 55.0 Å². The molecule has 6 nitrogen and oxygen atoms in total. The summed E-state index contributed by atoms with van der Waals surface area (Å²) in [6.07, 6.45) is 4.93. The lowest BCUT2D eigenvalue weighted by molar-refractivity contribution is 0.489. The number of para-hydroxylation sites is 2. The average molecular weight is 438 g/mol. The summed E-state index contributed by atoms with van der Waals surface area (Å²) in [5.41, 5.74) is 2.23. The highest BCUT2D eigenvalue weighted by atomic mass is 32.2. The summed E-state index contributed by atoms with van der Waals surface area (Å²) in [6, 6.07) is 16.7. The van der Waals surface area contributed by atoms with Gasteiger partial charge in [0, 0.05) is 27.8 Å². The Hall–Kier alpha value is -2.94. The second-order valence-electron chi connectivity index (χ2n) is 6.55. The molecule has 0 aliphatic carbocycles. The second-order valence-corrected chi connectivity index (χ2v) is 8.97. The normalized spacial score (nSPS) is 14.6.